The molecule has 5 nitrogen and oxygen atoms in total. The zero-order chi connectivity index (χ0) is 22.7. The summed E-state index contributed by atoms with van der Waals surface area (Å²) in [6, 6.07) is 7.70. The predicted molar refractivity (Wildman–Crippen MR) is 123 cm³/mol. The number of carbonyl (C=O) groups is 1. The third-order valence-corrected chi connectivity index (χ3v) is 11.0. The fraction of sp³-hybridized carbons (Fsp3) is 0.625. The van der Waals surface area contributed by atoms with E-state index >= 15 is 0 Å². The molecule has 0 heterocycles. The van der Waals surface area contributed by atoms with Crippen molar-refractivity contribution in [2.45, 2.75) is 90.6 Å². The molecule has 0 saturated heterocycles. The summed E-state index contributed by atoms with van der Waals surface area (Å²) in [5.41, 5.74) is 0.0657. The van der Waals surface area contributed by atoms with E-state index in [1.54, 1.807) is 0 Å². The van der Waals surface area contributed by atoms with Crippen molar-refractivity contribution in [3.63, 3.8) is 0 Å². The van der Waals surface area contributed by atoms with Crippen molar-refractivity contribution >= 4 is 14.3 Å². The van der Waals surface area contributed by atoms with Gasteiger partial charge in [-0.05, 0) is 48.7 Å². The molecule has 30 heavy (non-hydrogen) atoms. The maximum absolute atomic E-state index is 11.5. The minimum absolute atomic E-state index is 0.0953. The van der Waals surface area contributed by atoms with Crippen LogP contribution < -0.4 is 9.16 Å². The highest BCUT2D eigenvalue weighted by Crippen LogP contribution is 2.45. The molecule has 0 radical (unpaired) electrons. The van der Waals surface area contributed by atoms with Gasteiger partial charge in [-0.15, -0.1) is 0 Å². The molecular weight excluding hydrogens is 396 g/mol. The van der Waals surface area contributed by atoms with E-state index in [1.807, 2.05) is 37.3 Å². The lowest BCUT2D eigenvalue weighted by Crippen LogP contribution is -2.43. The number of rotatable bonds is 9. The number of hydrogen-bond acceptors (Lipinski definition) is 4. The van der Waals surface area contributed by atoms with Gasteiger partial charge in [-0.25, -0.2) is 0 Å². The van der Waals surface area contributed by atoms with E-state index in [0.717, 1.165) is 24.2 Å². The molecule has 2 N–H and O–H groups in total. The topological polar surface area (TPSA) is 76.0 Å². The van der Waals surface area contributed by atoms with Crippen molar-refractivity contribution in [3.8, 4) is 11.5 Å². The van der Waals surface area contributed by atoms with E-state index in [0.29, 0.717) is 12.2 Å². The van der Waals surface area contributed by atoms with E-state index in [4.69, 9.17) is 9.16 Å². The molecule has 3 atom stereocenters. The first kappa shape index (κ1) is 24.5. The smallest absolute Gasteiger partial charge is 0.304 e. The Kier molecular flexibility index (Phi) is 7.46. The van der Waals surface area contributed by atoms with Crippen LogP contribution in [-0.2, 0) is 4.79 Å². The highest BCUT2D eigenvalue weighted by molar-refractivity contribution is 6.74. The number of hydrogen-bond donors (Lipinski definition) is 2. The summed E-state index contributed by atoms with van der Waals surface area (Å²) in [6.07, 6.45) is 2.96. The van der Waals surface area contributed by atoms with Crippen LogP contribution in [0.2, 0.25) is 18.1 Å². The third-order valence-electron chi connectivity index (χ3n) is 6.64. The molecule has 2 rings (SSSR count). The average molecular weight is 435 g/mol. The summed E-state index contributed by atoms with van der Waals surface area (Å²) in [5.74, 6) is 0.581. The summed E-state index contributed by atoms with van der Waals surface area (Å²) >= 11 is 0. The Morgan fingerprint density at radius 1 is 1.30 bits per heavy atom. The minimum atomic E-state index is -1.97. The van der Waals surface area contributed by atoms with E-state index in [9.17, 15) is 15.0 Å². The van der Waals surface area contributed by atoms with E-state index in [-0.39, 0.29) is 17.6 Å². The van der Waals surface area contributed by atoms with Crippen LogP contribution in [0.25, 0.3) is 0 Å². The molecule has 1 aromatic carbocycles. The van der Waals surface area contributed by atoms with Gasteiger partial charge in [0.15, 0.2) is 0 Å². The summed E-state index contributed by atoms with van der Waals surface area (Å²) in [4.78, 5) is 11.5. The lowest BCUT2D eigenvalue weighted by molar-refractivity contribution is -0.140. The Morgan fingerprint density at radius 3 is 2.50 bits per heavy atom. The maximum Gasteiger partial charge on any atom is 0.304 e. The first-order valence-electron chi connectivity index (χ1n) is 10.9. The van der Waals surface area contributed by atoms with E-state index in [1.165, 1.54) is 0 Å². The molecule has 0 aliphatic heterocycles. The fourth-order valence-electron chi connectivity index (χ4n) is 3.72. The van der Waals surface area contributed by atoms with Gasteiger partial charge in [-0.2, -0.15) is 0 Å². The molecule has 1 unspecified atom stereocenters. The van der Waals surface area contributed by atoms with Gasteiger partial charge in [0.25, 0.3) is 0 Å². The minimum Gasteiger partial charge on any atom is -0.543 e. The average Bonchev–Trinajstić information content (AvgIpc) is 2.87. The van der Waals surface area contributed by atoms with Gasteiger partial charge < -0.3 is 19.4 Å². The van der Waals surface area contributed by atoms with Crippen LogP contribution in [0.15, 0.2) is 35.9 Å². The van der Waals surface area contributed by atoms with Gasteiger partial charge in [0.05, 0.1) is 12.5 Å². The van der Waals surface area contributed by atoms with Crippen LogP contribution in [0.5, 0.6) is 11.5 Å². The first-order chi connectivity index (χ1) is 13.8. The van der Waals surface area contributed by atoms with Gasteiger partial charge in [-0.1, -0.05) is 53.2 Å². The second-order valence-corrected chi connectivity index (χ2v) is 14.9. The van der Waals surface area contributed by atoms with Gasteiger partial charge in [0.2, 0.25) is 8.32 Å². The molecule has 0 amide bonds. The largest absolute Gasteiger partial charge is 0.543 e. The maximum atomic E-state index is 11.5. The second-order valence-electron chi connectivity index (χ2n) is 10.1. The lowest BCUT2D eigenvalue weighted by atomic mass is 9.75. The molecule has 0 saturated carbocycles. The summed E-state index contributed by atoms with van der Waals surface area (Å²) in [6.45, 7) is 14.9. The Hall–Kier alpha value is -1.79. The third kappa shape index (κ3) is 5.46. The molecule has 0 fully saturated rings. The first-order valence-corrected chi connectivity index (χ1v) is 13.8. The van der Waals surface area contributed by atoms with Crippen LogP contribution in [0.4, 0.5) is 0 Å². The molecule has 1 aliphatic rings. The summed E-state index contributed by atoms with van der Waals surface area (Å²) in [7, 11) is -1.97. The molecule has 6 heteroatoms. The number of aliphatic hydroxyl groups is 1. The van der Waals surface area contributed by atoms with Crippen molar-refractivity contribution in [1.29, 1.82) is 0 Å². The standard InChI is InChI=1S/C24H38O5Si/c1-8-10-20(19-13-14-21(25)24(19,5)16-22(26)27)28-17-11-9-12-18(15-17)29-30(6,7)23(2,3)4/h9,11-13,15,20-21,25H,8,10,14,16H2,1-7H3,(H,26,27)/t20?,21-,24+/m0/s1. The van der Waals surface area contributed by atoms with Gasteiger partial charge in [-0.3, -0.25) is 4.79 Å². The van der Waals surface area contributed by atoms with Crippen molar-refractivity contribution in [3.05, 3.63) is 35.9 Å². The lowest BCUT2D eigenvalue weighted by Gasteiger charge is -2.36. The van der Waals surface area contributed by atoms with E-state index < -0.39 is 25.8 Å². The van der Waals surface area contributed by atoms with Crippen molar-refractivity contribution in [2.24, 2.45) is 5.41 Å². The SMILES string of the molecule is CCCC(Oc1cccc(O[Si](C)(C)C(C)(C)C)c1)C1=CC[C@H](O)[C@]1(C)CC(=O)O. The number of ether oxygens (including phenoxy) is 1. The van der Waals surface area contributed by atoms with Crippen LogP contribution in [-0.4, -0.2) is 36.7 Å². The molecular formula is C24H38O5Si. The molecule has 0 bridgehead atoms. The number of benzene rings is 1. The van der Waals surface area contributed by atoms with Crippen molar-refractivity contribution in [1.82, 2.24) is 0 Å². The van der Waals surface area contributed by atoms with Gasteiger partial charge >= 0.3 is 5.97 Å². The van der Waals surface area contributed by atoms with Crippen LogP contribution in [0.3, 0.4) is 0 Å². The number of carboxylic acids is 1. The Balaban J connectivity index is 2.27. The molecule has 168 valence electrons. The monoisotopic (exact) mass is 434 g/mol. The Morgan fingerprint density at radius 2 is 1.93 bits per heavy atom. The fourth-order valence-corrected chi connectivity index (χ4v) is 4.74. The molecule has 1 aromatic rings. The quantitative estimate of drug-likeness (QED) is 0.380. The highest BCUT2D eigenvalue weighted by Gasteiger charge is 2.45. The molecule has 1 aliphatic carbocycles. The molecule has 0 spiro atoms. The van der Waals surface area contributed by atoms with Crippen molar-refractivity contribution in [2.75, 3.05) is 0 Å². The zero-order valence-electron chi connectivity index (χ0n) is 19.5. The van der Waals surface area contributed by atoms with Crippen LogP contribution >= 0.6 is 0 Å². The van der Waals surface area contributed by atoms with E-state index in [2.05, 4.69) is 40.8 Å². The highest BCUT2D eigenvalue weighted by atomic mass is 28.4. The Bertz CT molecular complexity index is 780. The summed E-state index contributed by atoms with van der Waals surface area (Å²) in [5, 5.41) is 20.0. The number of carboxylic acid groups (broad SMARTS) is 1. The summed E-state index contributed by atoms with van der Waals surface area (Å²) < 4.78 is 12.8. The number of aliphatic carboxylic acids is 1. The molecule has 0 aromatic heterocycles. The number of aliphatic hydroxyl groups excluding tert-OH is 1. The van der Waals surface area contributed by atoms with Crippen molar-refractivity contribution < 1.29 is 24.2 Å². The predicted octanol–water partition coefficient (Wildman–Crippen LogP) is 5.79. The zero-order valence-corrected chi connectivity index (χ0v) is 20.5. The van der Waals surface area contributed by atoms with Gasteiger partial charge in [0.1, 0.15) is 17.6 Å². The van der Waals surface area contributed by atoms with Gasteiger partial charge in [0, 0.05) is 11.5 Å². The second kappa shape index (κ2) is 9.14. The van der Waals surface area contributed by atoms with Crippen LogP contribution in [0, 0.1) is 5.41 Å². The normalized spacial score (nSPS) is 23.1. The Labute approximate surface area is 182 Å². The van der Waals surface area contributed by atoms with Crippen LogP contribution in [0.1, 0.15) is 60.3 Å².